The Bertz CT molecular complexity index is 771. The quantitative estimate of drug-likeness (QED) is 0.0424. The highest BCUT2D eigenvalue weighted by molar-refractivity contribution is 7.99. The summed E-state index contributed by atoms with van der Waals surface area (Å²) < 4.78 is 10.1. The topological polar surface area (TPSA) is 114 Å². The predicted molar refractivity (Wildman–Crippen MR) is 212 cm³/mol. The molecular formula is C41H80N2O6S. The van der Waals surface area contributed by atoms with Crippen LogP contribution in [0.1, 0.15) is 194 Å². The number of hydrogen-bond acceptors (Lipinski definition) is 8. The molecule has 0 aliphatic carbocycles. The minimum Gasteiger partial charge on any atom is -0.467 e. The maximum Gasteiger partial charge on any atom is 0.330 e. The number of carbonyl (C=O) groups is 3. The third-order valence-corrected chi connectivity index (χ3v) is 10.5. The molecule has 8 nitrogen and oxygen atoms in total. The van der Waals surface area contributed by atoms with E-state index < -0.39 is 24.7 Å². The number of aliphatic hydroxyl groups excluding tert-OH is 1. The van der Waals surface area contributed by atoms with Crippen LogP contribution in [0.2, 0.25) is 0 Å². The third kappa shape index (κ3) is 32.6. The molecule has 9 heteroatoms. The molecule has 3 N–H and O–H groups in total. The van der Waals surface area contributed by atoms with Crippen LogP contribution in [-0.4, -0.2) is 73.4 Å². The lowest BCUT2D eigenvalue weighted by atomic mass is 10.0. The molecule has 0 aromatic rings. The van der Waals surface area contributed by atoms with E-state index in [0.29, 0.717) is 31.1 Å². The first kappa shape index (κ1) is 48.7. The van der Waals surface area contributed by atoms with E-state index in [4.69, 9.17) is 9.47 Å². The van der Waals surface area contributed by atoms with Gasteiger partial charge < -0.3 is 25.2 Å². The van der Waals surface area contributed by atoms with Crippen molar-refractivity contribution < 1.29 is 29.0 Å². The van der Waals surface area contributed by atoms with Gasteiger partial charge in [0.05, 0.1) is 19.8 Å². The zero-order chi connectivity index (χ0) is 36.8. The highest BCUT2D eigenvalue weighted by Gasteiger charge is 2.25. The number of nitrogens with one attached hydrogen (secondary N) is 2. The van der Waals surface area contributed by atoms with Gasteiger partial charge in [0, 0.05) is 17.9 Å². The normalized spacial score (nSPS) is 12.5. The van der Waals surface area contributed by atoms with Crippen molar-refractivity contribution in [3.8, 4) is 0 Å². The van der Waals surface area contributed by atoms with E-state index in [1.807, 2.05) is 0 Å². The Kier molecular flexibility index (Phi) is 37.9. The molecule has 0 saturated heterocycles. The summed E-state index contributed by atoms with van der Waals surface area (Å²) >= 11 is 1.54. The van der Waals surface area contributed by atoms with E-state index in [2.05, 4.69) is 24.5 Å². The average Bonchev–Trinajstić information content (AvgIpc) is 3.12. The smallest absolute Gasteiger partial charge is 0.330 e. The second kappa shape index (κ2) is 38.9. The first-order valence-electron chi connectivity index (χ1n) is 21.0. The van der Waals surface area contributed by atoms with Crippen molar-refractivity contribution in [3.63, 3.8) is 0 Å². The number of carbonyl (C=O) groups excluding carboxylic acids is 3. The van der Waals surface area contributed by atoms with Crippen LogP contribution in [0.4, 0.5) is 0 Å². The summed E-state index contributed by atoms with van der Waals surface area (Å²) in [7, 11) is 1.23. The van der Waals surface area contributed by atoms with E-state index in [9.17, 15) is 19.5 Å². The summed E-state index contributed by atoms with van der Waals surface area (Å²) in [6, 6.07) is -1.61. The number of thioether (sulfide) groups is 1. The Labute approximate surface area is 312 Å². The highest BCUT2D eigenvalue weighted by atomic mass is 32.2. The van der Waals surface area contributed by atoms with Crippen LogP contribution in [0.25, 0.3) is 0 Å². The molecule has 0 heterocycles. The molecule has 0 aromatic heterocycles. The van der Waals surface area contributed by atoms with Crippen molar-refractivity contribution >= 4 is 29.6 Å². The molecule has 50 heavy (non-hydrogen) atoms. The Balaban J connectivity index is 4.11. The van der Waals surface area contributed by atoms with Crippen LogP contribution < -0.4 is 10.6 Å². The number of unbranched alkanes of at least 4 members (excludes halogenated alkanes) is 25. The van der Waals surface area contributed by atoms with E-state index in [1.54, 1.807) is 0 Å². The van der Waals surface area contributed by atoms with E-state index in [0.717, 1.165) is 25.7 Å². The summed E-state index contributed by atoms with van der Waals surface area (Å²) in [6.45, 7) is 5.02. The molecular weight excluding hydrogens is 649 g/mol. The molecule has 0 radical (unpaired) electrons. The van der Waals surface area contributed by atoms with Crippen molar-refractivity contribution in [2.75, 3.05) is 38.4 Å². The molecule has 2 atom stereocenters. The summed E-state index contributed by atoms with van der Waals surface area (Å²) in [5.74, 6) is -0.0981. The van der Waals surface area contributed by atoms with E-state index >= 15 is 0 Å². The molecule has 0 aromatic carbocycles. The fourth-order valence-corrected chi connectivity index (χ4v) is 7.06. The Hall–Kier alpha value is -1.32. The van der Waals surface area contributed by atoms with Gasteiger partial charge >= 0.3 is 11.9 Å². The average molecular weight is 729 g/mol. The second-order valence-electron chi connectivity index (χ2n) is 14.2. The number of esters is 2. The van der Waals surface area contributed by atoms with Gasteiger partial charge in [0.1, 0.15) is 6.61 Å². The molecule has 0 aliphatic heterocycles. The predicted octanol–water partition coefficient (Wildman–Crippen LogP) is 9.83. The number of hydrogen-bond donors (Lipinski definition) is 3. The minimum absolute atomic E-state index is 0.150. The van der Waals surface area contributed by atoms with Crippen molar-refractivity contribution in [1.82, 2.24) is 10.6 Å². The van der Waals surface area contributed by atoms with E-state index in [-0.39, 0.29) is 11.9 Å². The number of amides is 1. The third-order valence-electron chi connectivity index (χ3n) is 9.48. The largest absolute Gasteiger partial charge is 0.467 e. The standard InChI is InChI=1S/C41H80N2O6S/c1-4-6-8-10-12-14-16-18-20-22-24-26-28-30-32-42-38(40(46)43-37(35-44)41(47)48-3)36-50-34-33-49-39(45)31-29-27-25-23-21-19-17-15-13-11-9-7-5-2/h37-38,42,44H,4-36H2,1-3H3,(H,43,46). The van der Waals surface area contributed by atoms with Gasteiger partial charge in [-0.2, -0.15) is 11.8 Å². The molecule has 0 fully saturated rings. The van der Waals surface area contributed by atoms with Gasteiger partial charge in [0.15, 0.2) is 6.04 Å². The second-order valence-corrected chi connectivity index (χ2v) is 15.3. The van der Waals surface area contributed by atoms with Crippen LogP contribution in [0.15, 0.2) is 0 Å². The Morgan fingerprint density at radius 1 is 0.600 bits per heavy atom. The van der Waals surface area contributed by atoms with Gasteiger partial charge in [-0.1, -0.05) is 174 Å². The van der Waals surface area contributed by atoms with Gasteiger partial charge in [-0.05, 0) is 19.4 Å². The molecule has 2 unspecified atom stereocenters. The van der Waals surface area contributed by atoms with E-state index in [1.165, 1.54) is 167 Å². The van der Waals surface area contributed by atoms with Crippen LogP contribution in [0, 0.1) is 0 Å². The number of aliphatic hydroxyl groups is 1. The first-order valence-corrected chi connectivity index (χ1v) is 22.1. The molecule has 0 aliphatic rings. The minimum atomic E-state index is -1.09. The maximum atomic E-state index is 13.0. The lowest BCUT2D eigenvalue weighted by Gasteiger charge is -2.21. The van der Waals surface area contributed by atoms with Crippen LogP contribution in [0.5, 0.6) is 0 Å². The highest BCUT2D eigenvalue weighted by Crippen LogP contribution is 2.15. The lowest BCUT2D eigenvalue weighted by molar-refractivity contribution is -0.146. The Morgan fingerprint density at radius 3 is 1.44 bits per heavy atom. The molecule has 296 valence electrons. The van der Waals surface area contributed by atoms with Crippen LogP contribution in [-0.2, 0) is 23.9 Å². The SMILES string of the molecule is CCCCCCCCCCCCCCCCNC(CSCCOC(=O)CCCCCCCCCCCCCCC)C(=O)NC(CO)C(=O)OC. The monoisotopic (exact) mass is 729 g/mol. The molecule has 1 amide bonds. The van der Waals surface area contributed by atoms with Gasteiger partial charge in [0.2, 0.25) is 5.91 Å². The van der Waals surface area contributed by atoms with Gasteiger partial charge in [0.25, 0.3) is 0 Å². The number of rotatable bonds is 39. The van der Waals surface area contributed by atoms with Gasteiger partial charge in [-0.15, -0.1) is 0 Å². The fourth-order valence-electron chi connectivity index (χ4n) is 6.19. The zero-order valence-corrected chi connectivity index (χ0v) is 33.7. The van der Waals surface area contributed by atoms with Crippen LogP contribution in [0.3, 0.4) is 0 Å². The summed E-state index contributed by atoms with van der Waals surface area (Å²) in [6.07, 6.45) is 35.2. The molecule has 0 saturated carbocycles. The van der Waals surface area contributed by atoms with Crippen LogP contribution >= 0.6 is 11.8 Å². The molecule has 0 bridgehead atoms. The van der Waals surface area contributed by atoms with Crippen molar-refractivity contribution in [3.05, 3.63) is 0 Å². The first-order chi connectivity index (χ1) is 24.5. The van der Waals surface area contributed by atoms with Crippen molar-refractivity contribution in [2.45, 2.75) is 206 Å². The number of ether oxygens (including phenoxy) is 2. The summed E-state index contributed by atoms with van der Waals surface area (Å²) in [5, 5.41) is 15.5. The number of methoxy groups -OCH3 is 1. The van der Waals surface area contributed by atoms with Crippen molar-refractivity contribution in [1.29, 1.82) is 0 Å². The molecule has 0 spiro atoms. The Morgan fingerprint density at radius 2 is 1.02 bits per heavy atom. The van der Waals surface area contributed by atoms with Gasteiger partial charge in [-0.25, -0.2) is 4.79 Å². The maximum absolute atomic E-state index is 13.0. The van der Waals surface area contributed by atoms with Gasteiger partial charge in [-0.3, -0.25) is 9.59 Å². The summed E-state index contributed by atoms with van der Waals surface area (Å²) in [5.41, 5.74) is 0. The zero-order valence-electron chi connectivity index (χ0n) is 32.9. The lowest BCUT2D eigenvalue weighted by Crippen LogP contribution is -2.53. The summed E-state index contributed by atoms with van der Waals surface area (Å²) in [4.78, 5) is 37.1. The molecule has 0 rings (SSSR count). The van der Waals surface area contributed by atoms with Crippen molar-refractivity contribution in [2.24, 2.45) is 0 Å². The fraction of sp³-hybridized carbons (Fsp3) is 0.927.